The zero-order chi connectivity index (χ0) is 12.1. The Kier molecular flexibility index (Phi) is 4.88. The van der Waals surface area contributed by atoms with Gasteiger partial charge in [0.2, 0.25) is 0 Å². The third kappa shape index (κ3) is 3.72. The minimum atomic E-state index is 0.376. The number of ether oxygens (including phenoxy) is 1. The van der Waals surface area contributed by atoms with Gasteiger partial charge in [-0.3, -0.25) is 0 Å². The average molecular weight is 255 g/mol. The summed E-state index contributed by atoms with van der Waals surface area (Å²) in [6.07, 6.45) is 3.64. The van der Waals surface area contributed by atoms with Gasteiger partial charge in [-0.1, -0.05) is 6.92 Å². The maximum atomic E-state index is 5.57. The highest BCUT2D eigenvalue weighted by Gasteiger charge is 2.26. The number of nitrogens with one attached hydrogen (secondary N) is 1. The molecule has 0 aliphatic carbocycles. The molecule has 0 aromatic carbocycles. The number of aryl methyl sites for hydroxylation is 1. The van der Waals surface area contributed by atoms with Crippen LogP contribution < -0.4 is 5.32 Å². The predicted molar refractivity (Wildman–Crippen MR) is 69.5 cm³/mol. The second-order valence-corrected chi connectivity index (χ2v) is 5.66. The maximum Gasteiger partial charge on any atom is 0.122 e. The molecule has 2 heterocycles. The zero-order valence-electron chi connectivity index (χ0n) is 10.6. The Morgan fingerprint density at radius 3 is 3.06 bits per heavy atom. The van der Waals surface area contributed by atoms with Crippen LogP contribution in [0.1, 0.15) is 42.6 Å². The van der Waals surface area contributed by atoms with E-state index in [1.807, 2.05) is 0 Å². The normalized spacial score (nSPS) is 24.4. The molecule has 0 amide bonds. The number of hydrogen-bond donors (Lipinski definition) is 1. The summed E-state index contributed by atoms with van der Waals surface area (Å²) in [5.41, 5.74) is 0. The Bertz CT molecular complexity index is 342. The Labute approximate surface area is 107 Å². The van der Waals surface area contributed by atoms with E-state index in [-0.39, 0.29) is 0 Å². The number of aromatic nitrogens is 2. The van der Waals surface area contributed by atoms with E-state index in [2.05, 4.69) is 29.4 Å². The van der Waals surface area contributed by atoms with Gasteiger partial charge in [0.05, 0.1) is 12.7 Å². The number of nitrogens with zero attached hydrogens (tertiary/aromatic N) is 2. The molecule has 1 aliphatic rings. The van der Waals surface area contributed by atoms with Gasteiger partial charge < -0.3 is 10.1 Å². The molecule has 2 atom stereocenters. The highest BCUT2D eigenvalue weighted by molar-refractivity contribution is 7.11. The lowest BCUT2D eigenvalue weighted by Gasteiger charge is -2.00. The van der Waals surface area contributed by atoms with Crippen LogP contribution in [0.5, 0.6) is 0 Å². The van der Waals surface area contributed by atoms with Gasteiger partial charge in [0.15, 0.2) is 0 Å². The largest absolute Gasteiger partial charge is 0.378 e. The van der Waals surface area contributed by atoms with Crippen LogP contribution in [0.15, 0.2) is 0 Å². The molecule has 4 nitrogen and oxygen atoms in total. The van der Waals surface area contributed by atoms with Crippen molar-refractivity contribution in [3.63, 3.8) is 0 Å². The van der Waals surface area contributed by atoms with Gasteiger partial charge in [0.1, 0.15) is 10.0 Å². The third-order valence-corrected chi connectivity index (χ3v) is 4.17. The third-order valence-electron chi connectivity index (χ3n) is 3.02. The summed E-state index contributed by atoms with van der Waals surface area (Å²) in [4.78, 5) is 0. The Morgan fingerprint density at radius 1 is 1.47 bits per heavy atom. The van der Waals surface area contributed by atoms with Crippen molar-refractivity contribution in [3.05, 3.63) is 10.0 Å². The van der Waals surface area contributed by atoms with Gasteiger partial charge in [-0.25, -0.2) is 0 Å². The maximum absolute atomic E-state index is 5.57. The van der Waals surface area contributed by atoms with Gasteiger partial charge >= 0.3 is 0 Å². The lowest BCUT2D eigenvalue weighted by atomic mass is 10.1. The topological polar surface area (TPSA) is 47.0 Å². The highest BCUT2D eigenvalue weighted by Crippen LogP contribution is 2.31. The van der Waals surface area contributed by atoms with Crippen LogP contribution >= 0.6 is 11.3 Å². The molecule has 1 N–H and O–H groups in total. The molecular weight excluding hydrogens is 234 g/mol. The van der Waals surface area contributed by atoms with Gasteiger partial charge in [0, 0.05) is 12.3 Å². The Hall–Kier alpha value is -0.520. The average Bonchev–Trinajstić information content (AvgIpc) is 2.93. The summed E-state index contributed by atoms with van der Waals surface area (Å²) < 4.78 is 5.57. The molecule has 1 aromatic rings. The highest BCUT2D eigenvalue weighted by atomic mass is 32.1. The van der Waals surface area contributed by atoms with Crippen LogP contribution in [0.25, 0.3) is 0 Å². The number of hydrogen-bond acceptors (Lipinski definition) is 5. The molecular formula is C12H21N3OS. The molecule has 0 spiro atoms. The summed E-state index contributed by atoms with van der Waals surface area (Å²) in [6.45, 7) is 7.17. The minimum absolute atomic E-state index is 0.376. The first-order valence-electron chi connectivity index (χ1n) is 6.44. The van der Waals surface area contributed by atoms with Gasteiger partial charge in [0.25, 0.3) is 0 Å². The lowest BCUT2D eigenvalue weighted by molar-refractivity contribution is 0.123. The van der Waals surface area contributed by atoms with E-state index in [1.165, 1.54) is 0 Å². The molecule has 5 heteroatoms. The van der Waals surface area contributed by atoms with Crippen molar-refractivity contribution in [1.82, 2.24) is 15.5 Å². The first-order valence-corrected chi connectivity index (χ1v) is 7.25. The summed E-state index contributed by atoms with van der Waals surface area (Å²) in [5.74, 6) is 0.477. The van der Waals surface area contributed by atoms with Crippen molar-refractivity contribution in [2.75, 3.05) is 19.7 Å². The molecule has 17 heavy (non-hydrogen) atoms. The smallest absolute Gasteiger partial charge is 0.122 e. The van der Waals surface area contributed by atoms with Gasteiger partial charge in [-0.2, -0.15) is 0 Å². The van der Waals surface area contributed by atoms with E-state index in [0.717, 1.165) is 49.0 Å². The fraction of sp³-hybridized carbons (Fsp3) is 0.833. The van der Waals surface area contributed by atoms with E-state index in [1.54, 1.807) is 11.3 Å². The van der Waals surface area contributed by atoms with E-state index in [4.69, 9.17) is 4.74 Å². The molecule has 1 aromatic heterocycles. The molecule has 96 valence electrons. The molecule has 0 radical (unpaired) electrons. The van der Waals surface area contributed by atoms with Crippen molar-refractivity contribution < 1.29 is 4.74 Å². The van der Waals surface area contributed by atoms with Crippen molar-refractivity contribution in [1.29, 1.82) is 0 Å². The summed E-state index contributed by atoms with van der Waals surface area (Å²) >= 11 is 1.76. The van der Waals surface area contributed by atoms with Crippen molar-refractivity contribution in [2.24, 2.45) is 0 Å². The second kappa shape index (κ2) is 6.42. The van der Waals surface area contributed by atoms with Gasteiger partial charge in [-0.05, 0) is 32.9 Å². The van der Waals surface area contributed by atoms with Crippen LogP contribution in [0.3, 0.4) is 0 Å². The molecule has 1 aliphatic heterocycles. The SMILES string of the molecule is CCNCCCc1nnc(C2COC(C)C2)s1. The second-order valence-electron chi connectivity index (χ2n) is 4.57. The molecule has 2 unspecified atom stereocenters. The summed E-state index contributed by atoms with van der Waals surface area (Å²) in [5, 5.41) is 14.2. The van der Waals surface area contributed by atoms with Gasteiger partial charge in [-0.15, -0.1) is 21.5 Å². The van der Waals surface area contributed by atoms with Crippen LogP contribution in [-0.4, -0.2) is 36.0 Å². The fourth-order valence-corrected chi connectivity index (χ4v) is 3.05. The monoisotopic (exact) mass is 255 g/mol. The van der Waals surface area contributed by atoms with Crippen LogP contribution in [-0.2, 0) is 11.2 Å². The van der Waals surface area contributed by atoms with E-state index in [0.29, 0.717) is 12.0 Å². The van der Waals surface area contributed by atoms with E-state index in [9.17, 15) is 0 Å². The first kappa shape index (κ1) is 12.9. The standard InChI is InChI=1S/C12H21N3OS/c1-3-13-6-4-5-11-14-15-12(17-11)10-7-9(2)16-8-10/h9-10,13H,3-8H2,1-2H3. The predicted octanol–water partition coefficient (Wildman–Crippen LogP) is 1.97. The number of rotatable bonds is 6. The Morgan fingerprint density at radius 2 is 2.35 bits per heavy atom. The zero-order valence-corrected chi connectivity index (χ0v) is 11.4. The van der Waals surface area contributed by atoms with Crippen LogP contribution in [0, 0.1) is 0 Å². The molecule has 1 saturated heterocycles. The molecule has 0 saturated carbocycles. The van der Waals surface area contributed by atoms with E-state index < -0.39 is 0 Å². The Balaban J connectivity index is 1.79. The van der Waals surface area contributed by atoms with Crippen LogP contribution in [0.4, 0.5) is 0 Å². The molecule has 0 bridgehead atoms. The summed E-state index contributed by atoms with van der Waals surface area (Å²) in [6, 6.07) is 0. The minimum Gasteiger partial charge on any atom is -0.378 e. The quantitative estimate of drug-likeness (QED) is 0.790. The van der Waals surface area contributed by atoms with Crippen LogP contribution in [0.2, 0.25) is 0 Å². The molecule has 2 rings (SSSR count). The van der Waals surface area contributed by atoms with Crippen molar-refractivity contribution >= 4 is 11.3 Å². The first-order chi connectivity index (χ1) is 8.29. The molecule has 1 fully saturated rings. The fourth-order valence-electron chi connectivity index (χ4n) is 2.06. The van der Waals surface area contributed by atoms with Crippen molar-refractivity contribution in [3.8, 4) is 0 Å². The lowest BCUT2D eigenvalue weighted by Crippen LogP contribution is -2.14. The summed E-state index contributed by atoms with van der Waals surface area (Å²) in [7, 11) is 0. The van der Waals surface area contributed by atoms with E-state index >= 15 is 0 Å². The van der Waals surface area contributed by atoms with Crippen molar-refractivity contribution in [2.45, 2.75) is 45.1 Å².